The smallest absolute Gasteiger partial charge is 0.272 e. The number of H-pyrrole nitrogens is 1. The number of nitrogens with one attached hydrogen (secondary N) is 2. The molecule has 3 rings (SSSR count). The van der Waals surface area contributed by atoms with Crippen LogP contribution in [-0.4, -0.2) is 41.6 Å². The lowest BCUT2D eigenvalue weighted by atomic mass is 10.1. The van der Waals surface area contributed by atoms with Crippen LogP contribution in [0.2, 0.25) is 0 Å². The summed E-state index contributed by atoms with van der Waals surface area (Å²) in [6.45, 7) is 0.545. The van der Waals surface area contributed by atoms with Gasteiger partial charge in [-0.05, 0) is 42.6 Å². The molecule has 0 radical (unpaired) electrons. The van der Waals surface area contributed by atoms with E-state index >= 15 is 0 Å². The summed E-state index contributed by atoms with van der Waals surface area (Å²) in [7, 11) is 4.02. The Kier molecular flexibility index (Phi) is 4.22. The van der Waals surface area contributed by atoms with Gasteiger partial charge in [0.25, 0.3) is 5.91 Å². The number of para-hydroxylation sites is 1. The number of aromatic nitrogens is 2. The molecule has 1 atom stereocenters. The molecule has 2 heterocycles. The van der Waals surface area contributed by atoms with Crippen molar-refractivity contribution >= 4 is 28.1 Å². The average molecular weight is 314 g/mol. The van der Waals surface area contributed by atoms with Gasteiger partial charge in [-0.3, -0.25) is 9.89 Å². The first-order valence-electron chi connectivity index (χ1n) is 7.06. The van der Waals surface area contributed by atoms with Gasteiger partial charge >= 0.3 is 0 Å². The summed E-state index contributed by atoms with van der Waals surface area (Å²) >= 11 is 1.66. The van der Waals surface area contributed by atoms with E-state index in [0.717, 1.165) is 10.9 Å². The second-order valence-corrected chi connectivity index (χ2v) is 6.14. The van der Waals surface area contributed by atoms with Gasteiger partial charge in [-0.2, -0.15) is 16.4 Å². The zero-order chi connectivity index (χ0) is 15.5. The molecule has 0 saturated heterocycles. The van der Waals surface area contributed by atoms with Crippen molar-refractivity contribution in [1.82, 2.24) is 20.4 Å². The predicted octanol–water partition coefficient (Wildman–Crippen LogP) is 2.66. The van der Waals surface area contributed by atoms with Gasteiger partial charge in [-0.25, -0.2) is 0 Å². The lowest BCUT2D eigenvalue weighted by molar-refractivity contribution is 0.0938. The summed E-state index contributed by atoms with van der Waals surface area (Å²) in [6.07, 6.45) is 0. The van der Waals surface area contributed by atoms with Gasteiger partial charge in [0.05, 0.1) is 11.6 Å². The minimum atomic E-state index is -0.153. The Hall–Kier alpha value is -2.18. The van der Waals surface area contributed by atoms with E-state index in [-0.39, 0.29) is 11.9 Å². The Bertz CT molecular complexity index is 763. The second-order valence-electron chi connectivity index (χ2n) is 5.36. The number of aromatic amines is 1. The van der Waals surface area contributed by atoms with E-state index in [9.17, 15) is 4.79 Å². The first-order valence-corrected chi connectivity index (χ1v) is 8.01. The van der Waals surface area contributed by atoms with Gasteiger partial charge < -0.3 is 10.2 Å². The first kappa shape index (κ1) is 14.7. The quantitative estimate of drug-likeness (QED) is 0.761. The van der Waals surface area contributed by atoms with Crippen LogP contribution >= 0.6 is 11.3 Å². The van der Waals surface area contributed by atoms with Crippen molar-refractivity contribution < 1.29 is 4.79 Å². The normalized spacial score (nSPS) is 12.7. The summed E-state index contributed by atoms with van der Waals surface area (Å²) in [5.74, 6) is -0.153. The fourth-order valence-electron chi connectivity index (χ4n) is 2.47. The van der Waals surface area contributed by atoms with Crippen LogP contribution in [0, 0.1) is 0 Å². The van der Waals surface area contributed by atoms with Crippen molar-refractivity contribution in [3.8, 4) is 0 Å². The summed E-state index contributed by atoms with van der Waals surface area (Å²) in [5, 5.41) is 15.0. The van der Waals surface area contributed by atoms with Gasteiger partial charge in [0, 0.05) is 11.9 Å². The van der Waals surface area contributed by atoms with Crippen molar-refractivity contribution in [1.29, 1.82) is 0 Å². The molecular weight excluding hydrogens is 296 g/mol. The van der Waals surface area contributed by atoms with Crippen LogP contribution in [0.25, 0.3) is 10.9 Å². The van der Waals surface area contributed by atoms with Crippen LogP contribution in [0.1, 0.15) is 22.1 Å². The van der Waals surface area contributed by atoms with Crippen LogP contribution in [0.3, 0.4) is 0 Å². The van der Waals surface area contributed by atoms with E-state index in [1.165, 1.54) is 5.56 Å². The summed E-state index contributed by atoms with van der Waals surface area (Å²) < 4.78 is 0. The number of carbonyl (C=O) groups is 1. The van der Waals surface area contributed by atoms with Crippen molar-refractivity contribution in [3.63, 3.8) is 0 Å². The summed E-state index contributed by atoms with van der Waals surface area (Å²) in [4.78, 5) is 14.5. The maximum absolute atomic E-state index is 12.4. The van der Waals surface area contributed by atoms with Crippen molar-refractivity contribution in [2.24, 2.45) is 0 Å². The lowest BCUT2D eigenvalue weighted by Gasteiger charge is -2.23. The summed E-state index contributed by atoms with van der Waals surface area (Å²) in [6, 6.07) is 9.87. The fourth-order valence-corrected chi connectivity index (χ4v) is 3.18. The summed E-state index contributed by atoms with van der Waals surface area (Å²) in [5.41, 5.74) is 2.52. The molecule has 1 aromatic carbocycles. The number of thiophene rings is 1. The molecule has 0 aliphatic rings. The van der Waals surface area contributed by atoms with Crippen LogP contribution < -0.4 is 5.32 Å². The third kappa shape index (κ3) is 2.88. The standard InChI is InChI=1S/C16H18N4OS/c1-20(2)14(11-7-8-22-10-11)9-17-16(21)15-12-5-3-4-6-13(12)18-19-15/h3-8,10,14H,9H2,1-2H3,(H,17,21)(H,18,19). The Morgan fingerprint density at radius 3 is 2.91 bits per heavy atom. The SMILES string of the molecule is CN(C)C(CNC(=O)c1n[nH]c2ccccc12)c1ccsc1. The molecule has 6 heteroatoms. The van der Waals surface area contributed by atoms with Gasteiger partial charge in [-0.15, -0.1) is 0 Å². The fraction of sp³-hybridized carbons (Fsp3) is 0.250. The Labute approximate surface area is 133 Å². The molecule has 0 aliphatic carbocycles. The highest BCUT2D eigenvalue weighted by molar-refractivity contribution is 7.07. The van der Waals surface area contributed by atoms with Crippen molar-refractivity contribution in [2.75, 3.05) is 20.6 Å². The van der Waals surface area contributed by atoms with Gasteiger partial charge in [0.2, 0.25) is 0 Å². The molecule has 0 aliphatic heterocycles. The molecule has 5 nitrogen and oxygen atoms in total. The Balaban J connectivity index is 1.74. The zero-order valence-electron chi connectivity index (χ0n) is 12.5. The molecule has 1 unspecified atom stereocenters. The minimum Gasteiger partial charge on any atom is -0.349 e. The lowest BCUT2D eigenvalue weighted by Crippen LogP contribution is -2.34. The highest BCUT2D eigenvalue weighted by atomic mass is 32.1. The molecule has 3 aromatic rings. The number of hydrogen-bond donors (Lipinski definition) is 2. The maximum atomic E-state index is 12.4. The van der Waals surface area contributed by atoms with Crippen LogP contribution in [0.4, 0.5) is 0 Å². The molecule has 0 spiro atoms. The van der Waals surface area contributed by atoms with Crippen LogP contribution in [-0.2, 0) is 0 Å². The molecule has 2 N–H and O–H groups in total. The zero-order valence-corrected chi connectivity index (χ0v) is 13.4. The van der Waals surface area contributed by atoms with Crippen LogP contribution in [0.15, 0.2) is 41.1 Å². The topological polar surface area (TPSA) is 61.0 Å². The van der Waals surface area contributed by atoms with E-state index in [4.69, 9.17) is 0 Å². The largest absolute Gasteiger partial charge is 0.349 e. The molecule has 114 valence electrons. The highest BCUT2D eigenvalue weighted by Gasteiger charge is 2.18. The minimum absolute atomic E-state index is 0.153. The number of likely N-dealkylation sites (N-methyl/N-ethyl adjacent to an activating group) is 1. The van der Waals surface area contributed by atoms with Crippen LogP contribution in [0.5, 0.6) is 0 Å². The van der Waals surface area contributed by atoms with Crippen molar-refractivity contribution in [2.45, 2.75) is 6.04 Å². The third-order valence-corrected chi connectivity index (χ3v) is 4.39. The molecular formula is C16H18N4OS. The highest BCUT2D eigenvalue weighted by Crippen LogP contribution is 2.20. The number of benzene rings is 1. The van der Waals surface area contributed by atoms with E-state index < -0.39 is 0 Å². The molecule has 22 heavy (non-hydrogen) atoms. The molecule has 0 saturated carbocycles. The Morgan fingerprint density at radius 1 is 1.36 bits per heavy atom. The van der Waals surface area contributed by atoms with Gasteiger partial charge in [-0.1, -0.05) is 18.2 Å². The number of hydrogen-bond acceptors (Lipinski definition) is 4. The maximum Gasteiger partial charge on any atom is 0.272 e. The van der Waals surface area contributed by atoms with Gasteiger partial charge in [0.15, 0.2) is 5.69 Å². The number of rotatable bonds is 5. The first-order chi connectivity index (χ1) is 10.7. The average Bonchev–Trinajstić information content (AvgIpc) is 3.16. The number of nitrogens with zero attached hydrogens (tertiary/aromatic N) is 2. The van der Waals surface area contributed by atoms with E-state index in [1.807, 2.05) is 38.4 Å². The third-order valence-electron chi connectivity index (χ3n) is 3.69. The van der Waals surface area contributed by atoms with E-state index in [2.05, 4.69) is 37.2 Å². The van der Waals surface area contributed by atoms with E-state index in [0.29, 0.717) is 12.2 Å². The predicted molar refractivity (Wildman–Crippen MR) is 89.2 cm³/mol. The molecule has 0 fully saturated rings. The number of amides is 1. The molecule has 1 amide bonds. The van der Waals surface area contributed by atoms with Crippen molar-refractivity contribution in [3.05, 3.63) is 52.3 Å². The Morgan fingerprint density at radius 2 is 2.18 bits per heavy atom. The van der Waals surface area contributed by atoms with E-state index in [1.54, 1.807) is 11.3 Å². The second kappa shape index (κ2) is 6.29. The van der Waals surface area contributed by atoms with Gasteiger partial charge in [0.1, 0.15) is 0 Å². The number of fused-ring (bicyclic) bond motifs is 1. The monoisotopic (exact) mass is 314 g/mol. The number of carbonyl (C=O) groups excluding carboxylic acids is 1. The molecule has 2 aromatic heterocycles. The molecule has 0 bridgehead atoms.